The van der Waals surface area contributed by atoms with E-state index in [0.29, 0.717) is 13.0 Å². The first-order valence-corrected chi connectivity index (χ1v) is 6.64. The van der Waals surface area contributed by atoms with Crippen LogP contribution in [0.2, 0.25) is 0 Å². The fourth-order valence-electron chi connectivity index (χ4n) is 2.12. The molecule has 1 aliphatic heterocycles. The maximum atomic E-state index is 12.0. The second kappa shape index (κ2) is 6.91. The largest absolute Gasteiger partial charge is 0.503 e. The molecule has 20 heavy (non-hydrogen) atoms. The number of amides is 1. The number of rotatable bonds is 2. The number of likely N-dealkylation sites (tertiary alicyclic amines) is 1. The molecular formula is C13H21N5O2. The third kappa shape index (κ3) is 3.48. The maximum absolute atomic E-state index is 12.0. The van der Waals surface area contributed by atoms with E-state index in [1.807, 2.05) is 25.8 Å². The van der Waals surface area contributed by atoms with Crippen molar-refractivity contribution in [3.8, 4) is 11.8 Å². The summed E-state index contributed by atoms with van der Waals surface area (Å²) in [6.45, 7) is 4.54. The van der Waals surface area contributed by atoms with E-state index in [9.17, 15) is 9.90 Å². The second-order valence-electron chi connectivity index (χ2n) is 4.54. The first-order valence-electron chi connectivity index (χ1n) is 6.64. The van der Waals surface area contributed by atoms with Gasteiger partial charge in [0, 0.05) is 13.6 Å². The number of carbonyl (C=O) groups excluding carboxylic acids is 1. The van der Waals surface area contributed by atoms with E-state index in [1.165, 1.54) is 10.9 Å². The SMILES string of the molecule is CC.CN1CC(C(=O)Nc2nn(C)cc2O)CC1C#N. The molecule has 1 aromatic rings. The monoisotopic (exact) mass is 279 g/mol. The molecule has 2 atom stereocenters. The highest BCUT2D eigenvalue weighted by molar-refractivity contribution is 5.93. The standard InChI is InChI=1S/C11H15N5O2.C2H6/c1-15-5-7(3-8(15)4-12)11(18)13-10-9(17)6-16(2)14-10;1-2/h6-8,17H,3,5H2,1-2H3,(H,13,14,18);1-2H3. The average molecular weight is 279 g/mol. The quantitative estimate of drug-likeness (QED) is 0.840. The summed E-state index contributed by atoms with van der Waals surface area (Å²) in [5, 5.41) is 24.9. The summed E-state index contributed by atoms with van der Waals surface area (Å²) in [4.78, 5) is 13.8. The van der Waals surface area contributed by atoms with Gasteiger partial charge in [-0.1, -0.05) is 13.8 Å². The van der Waals surface area contributed by atoms with Gasteiger partial charge in [-0.3, -0.25) is 14.4 Å². The normalized spacial score (nSPS) is 21.8. The number of nitriles is 1. The second-order valence-corrected chi connectivity index (χ2v) is 4.54. The van der Waals surface area contributed by atoms with Gasteiger partial charge in [0.15, 0.2) is 11.6 Å². The summed E-state index contributed by atoms with van der Waals surface area (Å²) in [5.74, 6) is -0.366. The van der Waals surface area contributed by atoms with E-state index in [0.717, 1.165) is 0 Å². The fraction of sp³-hybridized carbons (Fsp3) is 0.615. The molecule has 1 amide bonds. The number of nitrogens with zero attached hydrogens (tertiary/aromatic N) is 4. The number of hydrogen-bond donors (Lipinski definition) is 2. The maximum Gasteiger partial charge on any atom is 0.230 e. The predicted octanol–water partition coefficient (Wildman–Crippen LogP) is 0.934. The zero-order chi connectivity index (χ0) is 15.3. The van der Waals surface area contributed by atoms with Crippen molar-refractivity contribution in [2.45, 2.75) is 26.3 Å². The van der Waals surface area contributed by atoms with Crippen LogP contribution in [0, 0.1) is 17.2 Å². The highest BCUT2D eigenvalue weighted by atomic mass is 16.3. The number of aryl methyl sites for hydroxylation is 1. The van der Waals surface area contributed by atoms with Crippen LogP contribution in [0.4, 0.5) is 5.82 Å². The Morgan fingerprint density at radius 1 is 1.55 bits per heavy atom. The first-order chi connectivity index (χ1) is 9.51. The Labute approximate surface area is 118 Å². The molecule has 110 valence electrons. The Morgan fingerprint density at radius 3 is 2.65 bits per heavy atom. The van der Waals surface area contributed by atoms with Crippen molar-refractivity contribution in [1.29, 1.82) is 5.26 Å². The fourth-order valence-corrected chi connectivity index (χ4v) is 2.12. The topological polar surface area (TPSA) is 94.2 Å². The number of aromatic nitrogens is 2. The van der Waals surface area contributed by atoms with Crippen LogP contribution in [-0.4, -0.2) is 45.3 Å². The molecular weight excluding hydrogens is 258 g/mol. The molecule has 0 radical (unpaired) electrons. The van der Waals surface area contributed by atoms with Crippen molar-refractivity contribution in [3.05, 3.63) is 6.20 Å². The van der Waals surface area contributed by atoms with Crippen LogP contribution < -0.4 is 5.32 Å². The van der Waals surface area contributed by atoms with Crippen molar-refractivity contribution in [1.82, 2.24) is 14.7 Å². The van der Waals surface area contributed by atoms with Gasteiger partial charge in [0.1, 0.15) is 0 Å². The number of carbonyl (C=O) groups is 1. The molecule has 0 aliphatic carbocycles. The molecule has 1 aromatic heterocycles. The van der Waals surface area contributed by atoms with Crippen LogP contribution in [0.25, 0.3) is 0 Å². The third-order valence-corrected chi connectivity index (χ3v) is 3.12. The summed E-state index contributed by atoms with van der Waals surface area (Å²) >= 11 is 0. The van der Waals surface area contributed by atoms with E-state index >= 15 is 0 Å². The number of anilines is 1. The molecule has 0 bridgehead atoms. The van der Waals surface area contributed by atoms with Gasteiger partial charge < -0.3 is 10.4 Å². The van der Waals surface area contributed by atoms with Crippen LogP contribution in [0.1, 0.15) is 20.3 Å². The summed E-state index contributed by atoms with van der Waals surface area (Å²) in [5.41, 5.74) is 0. The lowest BCUT2D eigenvalue weighted by Gasteiger charge is -2.10. The number of nitrogens with one attached hydrogen (secondary N) is 1. The minimum absolute atomic E-state index is 0.0611. The summed E-state index contributed by atoms with van der Waals surface area (Å²) in [6, 6.07) is 1.93. The lowest BCUT2D eigenvalue weighted by atomic mass is 10.1. The minimum Gasteiger partial charge on any atom is -0.503 e. The molecule has 1 aliphatic rings. The molecule has 0 saturated carbocycles. The van der Waals surface area contributed by atoms with Gasteiger partial charge in [0.05, 0.1) is 24.2 Å². The Hall–Kier alpha value is -2.07. The zero-order valence-corrected chi connectivity index (χ0v) is 12.3. The lowest BCUT2D eigenvalue weighted by molar-refractivity contribution is -0.119. The van der Waals surface area contributed by atoms with Gasteiger partial charge in [-0.2, -0.15) is 10.4 Å². The van der Waals surface area contributed by atoms with E-state index in [2.05, 4.69) is 16.5 Å². The van der Waals surface area contributed by atoms with Crippen LogP contribution in [-0.2, 0) is 11.8 Å². The third-order valence-electron chi connectivity index (χ3n) is 3.12. The summed E-state index contributed by atoms with van der Waals surface area (Å²) < 4.78 is 1.42. The van der Waals surface area contributed by atoms with E-state index in [-0.39, 0.29) is 29.4 Å². The molecule has 7 heteroatoms. The Balaban J connectivity index is 0.000000956. The van der Waals surface area contributed by atoms with Gasteiger partial charge in [0.25, 0.3) is 0 Å². The summed E-state index contributed by atoms with van der Waals surface area (Å²) in [6.07, 6.45) is 1.92. The minimum atomic E-state index is -0.249. The van der Waals surface area contributed by atoms with Crippen molar-refractivity contribution < 1.29 is 9.90 Å². The Kier molecular flexibility index (Phi) is 5.53. The van der Waals surface area contributed by atoms with Gasteiger partial charge in [-0.05, 0) is 13.5 Å². The smallest absolute Gasteiger partial charge is 0.230 e. The number of aromatic hydroxyl groups is 1. The molecule has 0 spiro atoms. The van der Waals surface area contributed by atoms with E-state index < -0.39 is 0 Å². The van der Waals surface area contributed by atoms with Crippen molar-refractivity contribution in [2.75, 3.05) is 18.9 Å². The van der Waals surface area contributed by atoms with Gasteiger partial charge in [0.2, 0.25) is 5.91 Å². The zero-order valence-electron chi connectivity index (χ0n) is 12.3. The molecule has 2 rings (SSSR count). The number of hydrogen-bond acceptors (Lipinski definition) is 5. The highest BCUT2D eigenvalue weighted by Gasteiger charge is 2.34. The van der Waals surface area contributed by atoms with Crippen molar-refractivity contribution in [3.63, 3.8) is 0 Å². The molecule has 2 unspecified atom stereocenters. The summed E-state index contributed by atoms with van der Waals surface area (Å²) in [7, 11) is 3.48. The first kappa shape index (κ1) is 16.0. The molecule has 1 saturated heterocycles. The molecule has 2 N–H and O–H groups in total. The van der Waals surface area contributed by atoms with Gasteiger partial charge >= 0.3 is 0 Å². The van der Waals surface area contributed by atoms with Crippen LogP contribution >= 0.6 is 0 Å². The average Bonchev–Trinajstić information content (AvgIpc) is 2.95. The molecule has 7 nitrogen and oxygen atoms in total. The van der Waals surface area contributed by atoms with Crippen LogP contribution in [0.3, 0.4) is 0 Å². The van der Waals surface area contributed by atoms with E-state index in [4.69, 9.17) is 5.26 Å². The molecule has 0 aromatic carbocycles. The van der Waals surface area contributed by atoms with Gasteiger partial charge in [-0.25, -0.2) is 0 Å². The highest BCUT2D eigenvalue weighted by Crippen LogP contribution is 2.25. The van der Waals surface area contributed by atoms with Crippen LogP contribution in [0.15, 0.2) is 6.20 Å². The predicted molar refractivity (Wildman–Crippen MR) is 75.0 cm³/mol. The van der Waals surface area contributed by atoms with E-state index in [1.54, 1.807) is 7.05 Å². The lowest BCUT2D eigenvalue weighted by Crippen LogP contribution is -2.26. The Bertz CT molecular complexity index is 505. The van der Waals surface area contributed by atoms with Crippen molar-refractivity contribution in [2.24, 2.45) is 13.0 Å². The molecule has 1 fully saturated rings. The molecule has 2 heterocycles. The van der Waals surface area contributed by atoms with Gasteiger partial charge in [-0.15, -0.1) is 0 Å². The Morgan fingerprint density at radius 2 is 2.20 bits per heavy atom. The van der Waals surface area contributed by atoms with Crippen LogP contribution in [0.5, 0.6) is 5.75 Å². The van der Waals surface area contributed by atoms with Crippen molar-refractivity contribution >= 4 is 11.7 Å².